The highest BCUT2D eigenvalue weighted by Gasteiger charge is 2.04. The van der Waals surface area contributed by atoms with Crippen LogP contribution in [0.2, 0.25) is 0 Å². The van der Waals surface area contributed by atoms with Crippen molar-refractivity contribution < 1.29 is 0 Å². The average Bonchev–Trinajstić information content (AvgIpc) is 2.89. The Hall–Kier alpha value is -2.50. The van der Waals surface area contributed by atoms with E-state index in [-0.39, 0.29) is 0 Å². The number of rotatable bonds is 4. The van der Waals surface area contributed by atoms with Gasteiger partial charge in [0.2, 0.25) is 0 Å². The van der Waals surface area contributed by atoms with E-state index in [0.29, 0.717) is 0 Å². The Morgan fingerprint density at radius 3 is 3.06 bits per heavy atom. The van der Waals surface area contributed by atoms with Crippen molar-refractivity contribution in [3.8, 4) is 0 Å². The molecule has 2 N–H and O–H groups in total. The van der Waals surface area contributed by atoms with Crippen LogP contribution < -0.4 is 5.32 Å². The van der Waals surface area contributed by atoms with Crippen molar-refractivity contribution in [2.24, 2.45) is 0 Å². The van der Waals surface area contributed by atoms with Gasteiger partial charge in [-0.25, -0.2) is 9.97 Å². The molecule has 0 aliphatic rings. The number of nitrogens with one attached hydrogen (secondary N) is 2. The quantitative estimate of drug-likeness (QED) is 0.720. The van der Waals surface area contributed by atoms with E-state index in [1.54, 1.807) is 12.4 Å². The summed E-state index contributed by atoms with van der Waals surface area (Å²) in [7, 11) is 0. The SMILES string of the molecule is c1ccc(CCNc2ncnc3[nH]ncc23)nc1. The van der Waals surface area contributed by atoms with E-state index in [2.05, 4.69) is 30.5 Å². The van der Waals surface area contributed by atoms with Gasteiger partial charge < -0.3 is 5.32 Å². The van der Waals surface area contributed by atoms with Crippen molar-refractivity contribution in [2.45, 2.75) is 6.42 Å². The summed E-state index contributed by atoms with van der Waals surface area (Å²) < 4.78 is 0. The number of anilines is 1. The van der Waals surface area contributed by atoms with Gasteiger partial charge in [-0.15, -0.1) is 0 Å². The topological polar surface area (TPSA) is 79.4 Å². The Labute approximate surface area is 104 Å². The molecule has 0 amide bonds. The van der Waals surface area contributed by atoms with Crippen LogP contribution in [0, 0.1) is 0 Å². The minimum Gasteiger partial charge on any atom is -0.369 e. The highest BCUT2D eigenvalue weighted by molar-refractivity contribution is 5.85. The normalized spacial score (nSPS) is 10.7. The molecule has 3 aromatic heterocycles. The van der Waals surface area contributed by atoms with Crippen LogP contribution in [0.4, 0.5) is 5.82 Å². The van der Waals surface area contributed by atoms with Crippen molar-refractivity contribution in [1.82, 2.24) is 25.1 Å². The molecule has 6 heteroatoms. The van der Waals surface area contributed by atoms with Crippen LogP contribution in [0.3, 0.4) is 0 Å². The first-order chi connectivity index (χ1) is 8.93. The van der Waals surface area contributed by atoms with Gasteiger partial charge in [0.15, 0.2) is 5.65 Å². The van der Waals surface area contributed by atoms with Crippen molar-refractivity contribution in [1.29, 1.82) is 0 Å². The molecule has 90 valence electrons. The van der Waals surface area contributed by atoms with E-state index < -0.39 is 0 Å². The van der Waals surface area contributed by atoms with Gasteiger partial charge in [-0.1, -0.05) is 6.07 Å². The van der Waals surface area contributed by atoms with E-state index in [1.807, 2.05) is 18.2 Å². The molecular formula is C12H12N6. The minimum absolute atomic E-state index is 0.741. The molecular weight excluding hydrogens is 228 g/mol. The Balaban J connectivity index is 1.68. The van der Waals surface area contributed by atoms with Crippen LogP contribution in [0.1, 0.15) is 5.69 Å². The van der Waals surface area contributed by atoms with Gasteiger partial charge >= 0.3 is 0 Å². The van der Waals surface area contributed by atoms with Crippen LogP contribution in [-0.4, -0.2) is 31.7 Å². The zero-order valence-corrected chi connectivity index (χ0v) is 9.67. The fourth-order valence-electron chi connectivity index (χ4n) is 1.76. The third-order valence-corrected chi connectivity index (χ3v) is 2.65. The molecule has 0 aliphatic heterocycles. The van der Waals surface area contributed by atoms with Gasteiger partial charge in [0.05, 0.1) is 11.6 Å². The summed E-state index contributed by atoms with van der Waals surface area (Å²) in [6.07, 6.45) is 5.89. The molecule has 3 aromatic rings. The first kappa shape index (κ1) is 10.6. The summed E-state index contributed by atoms with van der Waals surface area (Å²) in [4.78, 5) is 12.6. The number of nitrogens with zero attached hydrogens (tertiary/aromatic N) is 4. The van der Waals surface area contributed by atoms with Gasteiger partial charge in [-0.05, 0) is 12.1 Å². The van der Waals surface area contributed by atoms with Crippen molar-refractivity contribution in [3.63, 3.8) is 0 Å². The summed E-state index contributed by atoms with van der Waals surface area (Å²) in [5.41, 5.74) is 1.80. The van der Waals surface area contributed by atoms with Crippen LogP contribution in [0.25, 0.3) is 11.0 Å². The van der Waals surface area contributed by atoms with Crippen LogP contribution in [0.15, 0.2) is 36.9 Å². The first-order valence-corrected chi connectivity index (χ1v) is 5.71. The third kappa shape index (κ3) is 2.13. The van der Waals surface area contributed by atoms with Crippen LogP contribution in [0.5, 0.6) is 0 Å². The summed E-state index contributed by atoms with van der Waals surface area (Å²) in [6, 6.07) is 5.91. The minimum atomic E-state index is 0.741. The van der Waals surface area contributed by atoms with Crippen LogP contribution in [-0.2, 0) is 6.42 Å². The van der Waals surface area contributed by atoms with E-state index in [0.717, 1.165) is 35.5 Å². The zero-order valence-electron chi connectivity index (χ0n) is 9.67. The molecule has 0 fully saturated rings. The Morgan fingerprint density at radius 2 is 2.17 bits per heavy atom. The molecule has 0 saturated heterocycles. The number of aromatic amines is 1. The zero-order chi connectivity index (χ0) is 12.2. The largest absolute Gasteiger partial charge is 0.369 e. The van der Waals surface area contributed by atoms with E-state index in [4.69, 9.17) is 0 Å². The summed E-state index contributed by atoms with van der Waals surface area (Å²) in [6.45, 7) is 0.772. The molecule has 18 heavy (non-hydrogen) atoms. The fraction of sp³-hybridized carbons (Fsp3) is 0.167. The molecule has 3 rings (SSSR count). The van der Waals surface area contributed by atoms with E-state index >= 15 is 0 Å². The predicted octanol–water partition coefficient (Wildman–Crippen LogP) is 1.40. The van der Waals surface area contributed by atoms with Gasteiger partial charge in [-0.3, -0.25) is 10.1 Å². The lowest BCUT2D eigenvalue weighted by molar-refractivity contribution is 0.954. The molecule has 0 radical (unpaired) electrons. The number of hydrogen-bond donors (Lipinski definition) is 2. The number of aromatic nitrogens is 5. The lowest BCUT2D eigenvalue weighted by Crippen LogP contribution is -2.07. The smallest absolute Gasteiger partial charge is 0.160 e. The second-order valence-corrected chi connectivity index (χ2v) is 3.85. The average molecular weight is 240 g/mol. The van der Waals surface area contributed by atoms with Crippen molar-refractivity contribution in [3.05, 3.63) is 42.6 Å². The van der Waals surface area contributed by atoms with Crippen molar-refractivity contribution >= 4 is 16.9 Å². The molecule has 0 unspecified atom stereocenters. The van der Waals surface area contributed by atoms with Gasteiger partial charge in [0.1, 0.15) is 12.1 Å². The standard InChI is InChI=1S/C12H12N6/c1-2-5-13-9(3-1)4-6-14-11-10-7-17-18-12(10)16-8-15-11/h1-3,5,7-8H,4,6H2,(H2,14,15,16,17,18). The second kappa shape index (κ2) is 4.79. The van der Waals surface area contributed by atoms with E-state index in [1.165, 1.54) is 6.33 Å². The lowest BCUT2D eigenvalue weighted by atomic mass is 10.2. The number of H-pyrrole nitrogens is 1. The van der Waals surface area contributed by atoms with Gasteiger partial charge in [0, 0.05) is 24.9 Å². The molecule has 0 aliphatic carbocycles. The van der Waals surface area contributed by atoms with Gasteiger partial charge in [0.25, 0.3) is 0 Å². The van der Waals surface area contributed by atoms with E-state index in [9.17, 15) is 0 Å². The molecule has 0 saturated carbocycles. The Bertz CT molecular complexity index is 633. The fourth-order valence-corrected chi connectivity index (χ4v) is 1.76. The molecule has 0 atom stereocenters. The summed E-state index contributed by atoms with van der Waals surface area (Å²) >= 11 is 0. The predicted molar refractivity (Wildman–Crippen MR) is 68.1 cm³/mol. The Kier molecular flexibility index (Phi) is 2.83. The summed E-state index contributed by atoms with van der Waals surface area (Å²) in [5.74, 6) is 0.796. The third-order valence-electron chi connectivity index (χ3n) is 2.65. The summed E-state index contributed by atoms with van der Waals surface area (Å²) in [5, 5.41) is 10.9. The molecule has 0 spiro atoms. The molecule has 6 nitrogen and oxygen atoms in total. The number of fused-ring (bicyclic) bond motifs is 1. The first-order valence-electron chi connectivity index (χ1n) is 5.71. The second-order valence-electron chi connectivity index (χ2n) is 3.85. The maximum Gasteiger partial charge on any atom is 0.160 e. The van der Waals surface area contributed by atoms with Crippen molar-refractivity contribution in [2.75, 3.05) is 11.9 Å². The monoisotopic (exact) mass is 240 g/mol. The maximum atomic E-state index is 4.27. The van der Waals surface area contributed by atoms with Gasteiger partial charge in [-0.2, -0.15) is 5.10 Å². The Morgan fingerprint density at radius 1 is 1.17 bits per heavy atom. The number of hydrogen-bond acceptors (Lipinski definition) is 5. The molecule has 0 bridgehead atoms. The molecule has 0 aromatic carbocycles. The molecule has 3 heterocycles. The van der Waals surface area contributed by atoms with Crippen LogP contribution >= 0.6 is 0 Å². The number of pyridine rings is 1. The highest BCUT2D eigenvalue weighted by atomic mass is 15.2. The lowest BCUT2D eigenvalue weighted by Gasteiger charge is -2.05. The highest BCUT2D eigenvalue weighted by Crippen LogP contribution is 2.15. The maximum absolute atomic E-state index is 4.27.